The van der Waals surface area contributed by atoms with Crippen molar-refractivity contribution in [2.75, 3.05) is 19.8 Å². The Kier molecular flexibility index (Phi) is 18.1. The van der Waals surface area contributed by atoms with Gasteiger partial charge in [-0.3, -0.25) is 0 Å². The van der Waals surface area contributed by atoms with E-state index in [-0.39, 0.29) is 13.2 Å². The van der Waals surface area contributed by atoms with Crippen LogP contribution in [-0.4, -0.2) is 59.6 Å². The van der Waals surface area contributed by atoms with E-state index < -0.39 is 24.4 Å². The zero-order chi connectivity index (χ0) is 21.9. The Hall–Kier alpha value is -0.200. The molecule has 0 spiro atoms. The van der Waals surface area contributed by atoms with E-state index in [4.69, 9.17) is 14.6 Å². The van der Waals surface area contributed by atoms with Gasteiger partial charge in [0.25, 0.3) is 0 Å². The lowest BCUT2D eigenvalue weighted by Gasteiger charge is -2.23. The van der Waals surface area contributed by atoms with E-state index in [1.165, 1.54) is 96.3 Å². The normalized spacial score (nSPS) is 22.6. The lowest BCUT2D eigenvalue weighted by molar-refractivity contribution is -0.0938. The van der Waals surface area contributed by atoms with Crippen molar-refractivity contribution in [2.45, 2.75) is 140 Å². The largest absolute Gasteiger partial charge is 0.394 e. The van der Waals surface area contributed by atoms with Crippen molar-refractivity contribution in [1.82, 2.24) is 0 Å². The van der Waals surface area contributed by atoms with Gasteiger partial charge in [0.2, 0.25) is 0 Å². The van der Waals surface area contributed by atoms with Crippen molar-refractivity contribution >= 4 is 0 Å². The Labute approximate surface area is 185 Å². The molecular weight excluding hydrogens is 380 g/mol. The molecule has 0 aromatic rings. The van der Waals surface area contributed by atoms with Crippen molar-refractivity contribution in [3.8, 4) is 0 Å². The molecule has 1 aliphatic heterocycles. The van der Waals surface area contributed by atoms with Gasteiger partial charge in [0.1, 0.15) is 24.4 Å². The van der Waals surface area contributed by atoms with Crippen LogP contribution >= 0.6 is 0 Å². The van der Waals surface area contributed by atoms with Gasteiger partial charge in [-0.1, -0.05) is 110 Å². The van der Waals surface area contributed by atoms with Crippen LogP contribution in [0.15, 0.2) is 0 Å². The van der Waals surface area contributed by atoms with Gasteiger partial charge >= 0.3 is 0 Å². The van der Waals surface area contributed by atoms with Gasteiger partial charge in [-0.05, 0) is 6.42 Å². The third-order valence-electron chi connectivity index (χ3n) is 6.29. The summed E-state index contributed by atoms with van der Waals surface area (Å²) in [6, 6.07) is 0. The van der Waals surface area contributed by atoms with Crippen LogP contribution in [0.3, 0.4) is 0 Å². The molecule has 0 aromatic heterocycles. The molecule has 1 fully saturated rings. The number of hydrogen-bond donors (Lipinski definition) is 3. The van der Waals surface area contributed by atoms with Crippen LogP contribution in [0.4, 0.5) is 0 Å². The topological polar surface area (TPSA) is 79.2 Å². The highest BCUT2D eigenvalue weighted by Crippen LogP contribution is 2.21. The Balaban J connectivity index is 1.80. The summed E-state index contributed by atoms with van der Waals surface area (Å²) < 4.78 is 11.1. The highest BCUT2D eigenvalue weighted by atomic mass is 16.6. The third-order valence-corrected chi connectivity index (χ3v) is 6.29. The van der Waals surface area contributed by atoms with Crippen molar-refractivity contribution in [3.63, 3.8) is 0 Å². The molecule has 5 nitrogen and oxygen atoms in total. The minimum absolute atomic E-state index is 0.158. The molecule has 0 saturated carbocycles. The predicted octanol–water partition coefficient (Wildman–Crippen LogP) is 5.14. The second kappa shape index (κ2) is 19.5. The van der Waals surface area contributed by atoms with E-state index in [0.717, 1.165) is 12.8 Å². The van der Waals surface area contributed by atoms with E-state index in [2.05, 4.69) is 6.92 Å². The Bertz CT molecular complexity index is 365. The number of unbranched alkanes of at least 4 members (excludes halogenated alkanes) is 16. The fraction of sp³-hybridized carbons (Fsp3) is 1.00. The van der Waals surface area contributed by atoms with Crippen LogP contribution in [0.25, 0.3) is 0 Å². The number of rotatable bonds is 21. The Morgan fingerprint density at radius 2 is 1.20 bits per heavy atom. The molecule has 3 N–H and O–H groups in total. The second-order valence-corrected chi connectivity index (χ2v) is 9.11. The molecule has 1 aliphatic rings. The summed E-state index contributed by atoms with van der Waals surface area (Å²) in [5.74, 6) is 0. The predicted molar refractivity (Wildman–Crippen MR) is 123 cm³/mol. The van der Waals surface area contributed by atoms with Crippen LogP contribution in [0.2, 0.25) is 0 Å². The first-order chi connectivity index (χ1) is 14.7. The average molecular weight is 431 g/mol. The van der Waals surface area contributed by atoms with Crippen molar-refractivity contribution in [3.05, 3.63) is 0 Å². The minimum Gasteiger partial charge on any atom is -0.394 e. The number of ether oxygens (including phenoxy) is 2. The molecule has 30 heavy (non-hydrogen) atoms. The number of aliphatic hydroxyl groups is 3. The van der Waals surface area contributed by atoms with E-state index in [0.29, 0.717) is 6.61 Å². The lowest BCUT2D eigenvalue weighted by atomic mass is 10.0. The summed E-state index contributed by atoms with van der Waals surface area (Å²) in [6.07, 6.45) is 20.0. The summed E-state index contributed by atoms with van der Waals surface area (Å²) in [5.41, 5.74) is 0. The van der Waals surface area contributed by atoms with Gasteiger partial charge in [0, 0.05) is 6.61 Å². The fourth-order valence-corrected chi connectivity index (χ4v) is 4.30. The first-order valence-electron chi connectivity index (χ1n) is 12.9. The summed E-state index contributed by atoms with van der Waals surface area (Å²) in [6.45, 7) is 2.62. The lowest BCUT2D eigenvalue weighted by Crippen LogP contribution is -2.42. The molecule has 4 atom stereocenters. The molecule has 0 aromatic carbocycles. The molecule has 5 heteroatoms. The van der Waals surface area contributed by atoms with Gasteiger partial charge in [0.15, 0.2) is 0 Å². The monoisotopic (exact) mass is 430 g/mol. The highest BCUT2D eigenvalue weighted by Gasteiger charge is 2.40. The van der Waals surface area contributed by atoms with Gasteiger partial charge in [-0.2, -0.15) is 0 Å². The van der Waals surface area contributed by atoms with Crippen LogP contribution in [0.1, 0.15) is 116 Å². The maximum Gasteiger partial charge on any atom is 0.114 e. The average Bonchev–Trinajstić information content (AvgIpc) is 3.12. The Morgan fingerprint density at radius 3 is 1.63 bits per heavy atom. The number of hydrogen-bond acceptors (Lipinski definition) is 5. The van der Waals surface area contributed by atoms with E-state index in [9.17, 15) is 10.2 Å². The maximum atomic E-state index is 9.90. The molecule has 0 aliphatic carbocycles. The van der Waals surface area contributed by atoms with Crippen LogP contribution in [0.5, 0.6) is 0 Å². The highest BCUT2D eigenvalue weighted by molar-refractivity contribution is 4.89. The molecule has 0 bridgehead atoms. The van der Waals surface area contributed by atoms with Crippen molar-refractivity contribution in [1.29, 1.82) is 0 Å². The van der Waals surface area contributed by atoms with Gasteiger partial charge in [-0.25, -0.2) is 0 Å². The number of aliphatic hydroxyl groups excluding tert-OH is 3. The van der Waals surface area contributed by atoms with Crippen molar-refractivity contribution in [2.24, 2.45) is 0 Å². The van der Waals surface area contributed by atoms with Crippen LogP contribution < -0.4 is 0 Å². The van der Waals surface area contributed by atoms with Gasteiger partial charge in [0.05, 0.1) is 13.2 Å². The zero-order valence-electron chi connectivity index (χ0n) is 19.6. The zero-order valence-corrected chi connectivity index (χ0v) is 19.6. The molecule has 0 unspecified atom stereocenters. The van der Waals surface area contributed by atoms with E-state index in [1.54, 1.807) is 0 Å². The summed E-state index contributed by atoms with van der Waals surface area (Å²) in [4.78, 5) is 0. The second-order valence-electron chi connectivity index (χ2n) is 9.11. The fourth-order valence-electron chi connectivity index (χ4n) is 4.30. The summed E-state index contributed by atoms with van der Waals surface area (Å²) in [7, 11) is 0. The smallest absolute Gasteiger partial charge is 0.114 e. The first kappa shape index (κ1) is 27.8. The van der Waals surface area contributed by atoms with E-state index in [1.807, 2.05) is 0 Å². The van der Waals surface area contributed by atoms with E-state index >= 15 is 0 Å². The molecule has 0 radical (unpaired) electrons. The molecule has 0 amide bonds. The van der Waals surface area contributed by atoms with Crippen LogP contribution in [-0.2, 0) is 9.47 Å². The van der Waals surface area contributed by atoms with Gasteiger partial charge in [-0.15, -0.1) is 0 Å². The standard InChI is InChI=1S/C25H50O5/c1-2-3-4-5-6-7-8-9-10-11-12-13-14-15-16-17-18-19-29-25-23(28)21-30-24(25)22(27)20-26/h22-28H,2-21H2,1H3/t22-,23+,24-,25-/m1/s1. The summed E-state index contributed by atoms with van der Waals surface area (Å²) in [5, 5.41) is 28.7. The van der Waals surface area contributed by atoms with Gasteiger partial charge < -0.3 is 24.8 Å². The molecule has 1 heterocycles. The first-order valence-corrected chi connectivity index (χ1v) is 12.9. The van der Waals surface area contributed by atoms with Crippen LogP contribution in [0, 0.1) is 0 Å². The maximum absolute atomic E-state index is 9.90. The van der Waals surface area contributed by atoms with Crippen molar-refractivity contribution < 1.29 is 24.8 Å². The molecule has 1 rings (SSSR count). The SMILES string of the molecule is CCCCCCCCCCCCCCCCCCCO[C@H]1[C@@H]([C@H](O)CO)OC[C@@H]1O. The summed E-state index contributed by atoms with van der Waals surface area (Å²) >= 11 is 0. The molecule has 180 valence electrons. The molecular formula is C25H50O5. The quantitative estimate of drug-likeness (QED) is 0.220. The minimum atomic E-state index is -0.998. The Morgan fingerprint density at radius 1 is 0.767 bits per heavy atom. The third kappa shape index (κ3) is 13.3. The molecule has 1 saturated heterocycles.